The molecule has 156 valence electrons. The summed E-state index contributed by atoms with van der Waals surface area (Å²) in [5, 5.41) is 4.89. The van der Waals surface area contributed by atoms with Gasteiger partial charge in [0, 0.05) is 17.0 Å². The van der Waals surface area contributed by atoms with Crippen LogP contribution >= 0.6 is 0 Å². The van der Waals surface area contributed by atoms with Gasteiger partial charge in [0.1, 0.15) is 11.5 Å². The first-order valence-electron chi connectivity index (χ1n) is 11.7. The van der Waals surface area contributed by atoms with Gasteiger partial charge in [-0.2, -0.15) is 0 Å². The molecule has 1 fully saturated rings. The summed E-state index contributed by atoms with van der Waals surface area (Å²) in [5.41, 5.74) is 2.32. The van der Waals surface area contributed by atoms with Crippen molar-refractivity contribution >= 4 is 21.5 Å². The molecule has 1 aliphatic carbocycles. The van der Waals surface area contributed by atoms with Crippen LogP contribution in [0.1, 0.15) is 39.0 Å². The van der Waals surface area contributed by atoms with Gasteiger partial charge in [0.15, 0.2) is 0 Å². The predicted molar refractivity (Wildman–Crippen MR) is 128 cm³/mol. The molecule has 2 heteroatoms. The zero-order valence-electron chi connectivity index (χ0n) is 18.0. The van der Waals surface area contributed by atoms with Crippen molar-refractivity contribution in [3.63, 3.8) is 0 Å². The van der Waals surface area contributed by atoms with Crippen molar-refractivity contribution in [1.82, 2.24) is 0 Å². The van der Waals surface area contributed by atoms with Gasteiger partial charge < -0.3 is 9.47 Å². The normalized spacial score (nSPS) is 21.1. The maximum absolute atomic E-state index is 6.68. The molecule has 31 heavy (non-hydrogen) atoms. The molecule has 0 bridgehead atoms. The van der Waals surface area contributed by atoms with Crippen LogP contribution < -0.4 is 9.47 Å². The predicted octanol–water partition coefficient (Wildman–Crippen LogP) is 7.97. The summed E-state index contributed by atoms with van der Waals surface area (Å²) >= 11 is 0. The van der Waals surface area contributed by atoms with Gasteiger partial charge in [0.25, 0.3) is 0 Å². The van der Waals surface area contributed by atoms with E-state index in [9.17, 15) is 0 Å². The van der Waals surface area contributed by atoms with Gasteiger partial charge in [0.05, 0.1) is 0 Å². The van der Waals surface area contributed by atoms with E-state index in [1.165, 1.54) is 53.6 Å². The van der Waals surface area contributed by atoms with E-state index in [1.54, 1.807) is 0 Å². The van der Waals surface area contributed by atoms with Gasteiger partial charge >= 0.3 is 0 Å². The fourth-order valence-electron chi connectivity index (χ4n) is 5.55. The Labute approximate surface area is 183 Å². The number of benzene rings is 4. The van der Waals surface area contributed by atoms with Crippen LogP contribution in [0.2, 0.25) is 0 Å². The highest BCUT2D eigenvalue weighted by atomic mass is 16.7. The molecule has 2 aliphatic rings. The summed E-state index contributed by atoms with van der Waals surface area (Å²) in [6, 6.07) is 25.8. The van der Waals surface area contributed by atoms with E-state index < -0.39 is 0 Å². The van der Waals surface area contributed by atoms with Crippen molar-refractivity contribution in [2.24, 2.45) is 11.8 Å². The Bertz CT molecular complexity index is 1160. The zero-order valence-corrected chi connectivity index (χ0v) is 18.0. The molecule has 4 aromatic carbocycles. The molecule has 1 aliphatic heterocycles. The molecule has 0 amide bonds. The highest BCUT2D eigenvalue weighted by Crippen LogP contribution is 2.49. The lowest BCUT2D eigenvalue weighted by molar-refractivity contribution is -0.0531. The Kier molecular flexibility index (Phi) is 4.60. The SMILES string of the molecule is CCC1CCC(C2Oc3ccc4ccccc4c3-c3c(ccc4ccccc34)O2)CC1. The van der Waals surface area contributed by atoms with E-state index in [-0.39, 0.29) is 6.29 Å². The van der Waals surface area contributed by atoms with Crippen LogP contribution in [-0.4, -0.2) is 6.29 Å². The molecule has 2 nitrogen and oxygen atoms in total. The third-order valence-corrected chi connectivity index (χ3v) is 7.37. The number of fused-ring (bicyclic) bond motifs is 7. The molecular formula is C29H28O2. The van der Waals surface area contributed by atoms with E-state index in [4.69, 9.17) is 9.47 Å². The molecule has 1 heterocycles. The third kappa shape index (κ3) is 3.17. The standard InChI is InChI=1S/C29H28O2/c1-2-19-11-13-22(14-12-19)29-30-25-17-15-20-7-3-5-9-23(20)27(25)28-24-10-6-4-8-21(24)16-18-26(28)31-29/h3-10,15-19,22,29H,2,11-14H2,1H3. The van der Waals surface area contributed by atoms with Crippen LogP contribution in [0, 0.1) is 11.8 Å². The number of ether oxygens (including phenoxy) is 2. The van der Waals surface area contributed by atoms with E-state index in [2.05, 4.69) is 79.7 Å². The second-order valence-electron chi connectivity index (χ2n) is 9.11. The molecule has 0 spiro atoms. The lowest BCUT2D eigenvalue weighted by Crippen LogP contribution is -2.35. The van der Waals surface area contributed by atoms with Crippen LogP contribution in [0.5, 0.6) is 11.5 Å². The van der Waals surface area contributed by atoms with Crippen molar-refractivity contribution in [2.45, 2.75) is 45.3 Å². The second kappa shape index (κ2) is 7.60. The van der Waals surface area contributed by atoms with Crippen LogP contribution in [0.4, 0.5) is 0 Å². The van der Waals surface area contributed by atoms with E-state index >= 15 is 0 Å². The van der Waals surface area contributed by atoms with E-state index in [0.29, 0.717) is 5.92 Å². The molecule has 0 atom stereocenters. The van der Waals surface area contributed by atoms with Crippen molar-refractivity contribution in [2.75, 3.05) is 0 Å². The van der Waals surface area contributed by atoms with Gasteiger partial charge in [-0.25, -0.2) is 0 Å². The minimum atomic E-state index is -0.236. The Morgan fingerprint density at radius 3 is 1.68 bits per heavy atom. The summed E-state index contributed by atoms with van der Waals surface area (Å²) in [6.07, 6.45) is 5.95. The molecule has 1 saturated carbocycles. The van der Waals surface area contributed by atoms with Gasteiger partial charge in [0.2, 0.25) is 6.29 Å². The number of rotatable bonds is 2. The Morgan fingerprint density at radius 1 is 0.645 bits per heavy atom. The molecule has 4 aromatic rings. The van der Waals surface area contributed by atoms with Gasteiger partial charge in [-0.1, -0.05) is 74.0 Å². The average molecular weight is 409 g/mol. The van der Waals surface area contributed by atoms with Crippen molar-refractivity contribution < 1.29 is 9.47 Å². The first-order valence-corrected chi connectivity index (χ1v) is 11.7. The number of hydrogen-bond donors (Lipinski definition) is 0. The molecule has 0 aromatic heterocycles. The monoisotopic (exact) mass is 408 g/mol. The lowest BCUT2D eigenvalue weighted by Gasteiger charge is -2.33. The Balaban J connectivity index is 1.55. The van der Waals surface area contributed by atoms with Crippen molar-refractivity contribution in [3.8, 4) is 22.6 Å². The van der Waals surface area contributed by atoms with E-state index in [1.807, 2.05) is 0 Å². The maximum Gasteiger partial charge on any atom is 0.243 e. The Hall–Kier alpha value is -3.00. The largest absolute Gasteiger partial charge is 0.454 e. The lowest BCUT2D eigenvalue weighted by atomic mass is 9.80. The van der Waals surface area contributed by atoms with Crippen LogP contribution in [0.3, 0.4) is 0 Å². The fourth-order valence-corrected chi connectivity index (χ4v) is 5.55. The van der Waals surface area contributed by atoms with Gasteiger partial charge in [-0.05, 0) is 65.3 Å². The quantitative estimate of drug-likeness (QED) is 0.335. The van der Waals surface area contributed by atoms with Crippen LogP contribution in [-0.2, 0) is 0 Å². The molecule has 0 saturated heterocycles. The van der Waals surface area contributed by atoms with Crippen LogP contribution in [0.15, 0.2) is 72.8 Å². The average Bonchev–Trinajstić information content (AvgIpc) is 3.01. The molecule has 0 radical (unpaired) electrons. The number of hydrogen-bond acceptors (Lipinski definition) is 2. The topological polar surface area (TPSA) is 18.5 Å². The summed E-state index contributed by atoms with van der Waals surface area (Å²) in [7, 11) is 0. The minimum Gasteiger partial charge on any atom is -0.454 e. The Morgan fingerprint density at radius 2 is 1.16 bits per heavy atom. The highest BCUT2D eigenvalue weighted by Gasteiger charge is 2.34. The zero-order chi connectivity index (χ0) is 20.8. The van der Waals surface area contributed by atoms with Gasteiger partial charge in [-0.15, -0.1) is 0 Å². The fraction of sp³-hybridized carbons (Fsp3) is 0.310. The second-order valence-corrected chi connectivity index (χ2v) is 9.11. The molecule has 6 rings (SSSR count). The molecular weight excluding hydrogens is 380 g/mol. The summed E-state index contributed by atoms with van der Waals surface area (Å²) in [4.78, 5) is 0. The van der Waals surface area contributed by atoms with Gasteiger partial charge in [-0.3, -0.25) is 0 Å². The smallest absolute Gasteiger partial charge is 0.243 e. The molecule has 0 N–H and O–H groups in total. The highest BCUT2D eigenvalue weighted by molar-refractivity contribution is 6.09. The molecule has 0 unspecified atom stereocenters. The van der Waals surface area contributed by atoms with E-state index in [0.717, 1.165) is 28.5 Å². The first-order chi connectivity index (χ1) is 15.3. The summed E-state index contributed by atoms with van der Waals surface area (Å²) in [5.74, 6) is 3.17. The first kappa shape index (κ1) is 18.7. The summed E-state index contributed by atoms with van der Waals surface area (Å²) < 4.78 is 13.4. The third-order valence-electron chi connectivity index (χ3n) is 7.37. The minimum absolute atomic E-state index is 0.236. The maximum atomic E-state index is 6.68. The van der Waals surface area contributed by atoms with Crippen LogP contribution in [0.25, 0.3) is 32.7 Å². The summed E-state index contributed by atoms with van der Waals surface area (Å²) in [6.45, 7) is 2.31. The van der Waals surface area contributed by atoms with Crippen molar-refractivity contribution in [3.05, 3.63) is 72.8 Å². The van der Waals surface area contributed by atoms with Crippen molar-refractivity contribution in [1.29, 1.82) is 0 Å².